The van der Waals surface area contributed by atoms with E-state index in [1.165, 1.54) is 0 Å². The Hall–Kier alpha value is -1.32. The van der Waals surface area contributed by atoms with Gasteiger partial charge in [0.25, 0.3) is 0 Å². The summed E-state index contributed by atoms with van der Waals surface area (Å²) in [5, 5.41) is 9.23. The maximum absolute atomic E-state index is 11.3. The first-order valence-electron chi connectivity index (χ1n) is 7.13. The van der Waals surface area contributed by atoms with Crippen LogP contribution in [0.4, 0.5) is 0 Å². The molecule has 0 aromatic carbocycles. The summed E-state index contributed by atoms with van der Waals surface area (Å²) in [6, 6.07) is 0. The summed E-state index contributed by atoms with van der Waals surface area (Å²) in [6.07, 6.45) is 1.72. The summed E-state index contributed by atoms with van der Waals surface area (Å²) in [4.78, 5) is 15.7. The smallest absolute Gasteiger partial charge is 0.373 e. The van der Waals surface area contributed by atoms with Gasteiger partial charge in [0.2, 0.25) is 5.76 Å². The zero-order chi connectivity index (χ0) is 15.7. The molecule has 0 saturated carbocycles. The van der Waals surface area contributed by atoms with Crippen molar-refractivity contribution in [1.82, 2.24) is 4.98 Å². The largest absolute Gasteiger partial charge is 0.475 e. The molecule has 0 aliphatic heterocycles. The molecule has 20 heavy (non-hydrogen) atoms. The van der Waals surface area contributed by atoms with Gasteiger partial charge in [-0.3, -0.25) is 0 Å². The van der Waals surface area contributed by atoms with Crippen LogP contribution in [0.3, 0.4) is 0 Å². The average Bonchev–Trinajstić information content (AvgIpc) is 2.57. The molecule has 1 aromatic heterocycles. The second-order valence-corrected chi connectivity index (χ2v) is 7.91. The number of carbonyl (C=O) groups is 1. The van der Waals surface area contributed by atoms with Crippen molar-refractivity contribution in [2.45, 2.75) is 66.7 Å². The topological polar surface area (TPSA) is 63.3 Å². The maximum atomic E-state index is 11.3. The van der Waals surface area contributed by atoms with E-state index in [9.17, 15) is 9.90 Å². The van der Waals surface area contributed by atoms with E-state index >= 15 is 0 Å². The van der Waals surface area contributed by atoms with Gasteiger partial charge in [-0.2, -0.15) is 0 Å². The second kappa shape index (κ2) is 5.58. The van der Waals surface area contributed by atoms with Gasteiger partial charge in [0.15, 0.2) is 5.89 Å². The molecule has 1 atom stereocenters. The lowest BCUT2D eigenvalue weighted by Gasteiger charge is -2.22. The van der Waals surface area contributed by atoms with Crippen LogP contribution in [0.5, 0.6) is 0 Å². The van der Waals surface area contributed by atoms with E-state index in [0.29, 0.717) is 23.9 Å². The van der Waals surface area contributed by atoms with Crippen molar-refractivity contribution >= 4 is 5.97 Å². The van der Waals surface area contributed by atoms with Crippen molar-refractivity contribution in [1.29, 1.82) is 0 Å². The molecule has 0 fully saturated rings. The van der Waals surface area contributed by atoms with E-state index in [0.717, 1.165) is 6.42 Å². The summed E-state index contributed by atoms with van der Waals surface area (Å²) in [5.41, 5.74) is 0.444. The predicted octanol–water partition coefficient (Wildman–Crippen LogP) is 4.29. The highest BCUT2D eigenvalue weighted by Gasteiger charge is 2.29. The predicted molar refractivity (Wildman–Crippen MR) is 79.1 cm³/mol. The molecular formula is C16H27NO3. The standard InChI is InChI=1S/C16H27NO3/c1-10(9-15(2,3)4)8-11-17-13(16(5,6)7)12(20-11)14(18)19/h10H,8-9H2,1-7H3,(H,18,19). The van der Waals surface area contributed by atoms with Crippen LogP contribution < -0.4 is 0 Å². The molecule has 0 radical (unpaired) electrons. The second-order valence-electron chi connectivity index (χ2n) is 7.91. The van der Waals surface area contributed by atoms with Crippen molar-refractivity contribution in [2.24, 2.45) is 11.3 Å². The van der Waals surface area contributed by atoms with Gasteiger partial charge < -0.3 is 9.52 Å². The van der Waals surface area contributed by atoms with Crippen LogP contribution in [0.15, 0.2) is 4.42 Å². The number of aromatic carboxylic acids is 1. The molecule has 4 nitrogen and oxygen atoms in total. The van der Waals surface area contributed by atoms with Crippen molar-refractivity contribution < 1.29 is 14.3 Å². The van der Waals surface area contributed by atoms with Crippen LogP contribution in [-0.4, -0.2) is 16.1 Å². The highest BCUT2D eigenvalue weighted by molar-refractivity contribution is 5.86. The lowest BCUT2D eigenvalue weighted by Crippen LogP contribution is -2.16. The van der Waals surface area contributed by atoms with E-state index in [1.54, 1.807) is 0 Å². The molecule has 0 spiro atoms. The molecule has 0 aliphatic rings. The van der Waals surface area contributed by atoms with Gasteiger partial charge in [-0.1, -0.05) is 48.5 Å². The van der Waals surface area contributed by atoms with E-state index in [4.69, 9.17) is 4.42 Å². The Labute approximate surface area is 121 Å². The van der Waals surface area contributed by atoms with Crippen LogP contribution in [0.25, 0.3) is 0 Å². The first kappa shape index (κ1) is 16.7. The third-order valence-corrected chi connectivity index (χ3v) is 3.06. The molecule has 114 valence electrons. The van der Waals surface area contributed by atoms with Gasteiger partial charge in [0.05, 0.1) is 5.69 Å². The van der Waals surface area contributed by atoms with Crippen LogP contribution in [-0.2, 0) is 11.8 Å². The number of oxazole rings is 1. The average molecular weight is 281 g/mol. The zero-order valence-electron chi connectivity index (χ0n) is 13.7. The molecular weight excluding hydrogens is 254 g/mol. The van der Waals surface area contributed by atoms with Gasteiger partial charge in [-0.25, -0.2) is 9.78 Å². The highest BCUT2D eigenvalue weighted by Crippen LogP contribution is 2.29. The van der Waals surface area contributed by atoms with Gasteiger partial charge in [-0.05, 0) is 17.8 Å². The van der Waals surface area contributed by atoms with Crippen molar-refractivity contribution in [2.75, 3.05) is 0 Å². The zero-order valence-corrected chi connectivity index (χ0v) is 13.7. The Bertz CT molecular complexity index is 475. The number of hydrogen-bond acceptors (Lipinski definition) is 3. The summed E-state index contributed by atoms with van der Waals surface area (Å²) < 4.78 is 5.48. The molecule has 4 heteroatoms. The molecule has 0 aliphatic carbocycles. The molecule has 1 N–H and O–H groups in total. The van der Waals surface area contributed by atoms with Crippen molar-refractivity contribution in [3.8, 4) is 0 Å². The minimum absolute atomic E-state index is 0.0181. The summed E-state index contributed by atoms with van der Waals surface area (Å²) in [5.74, 6) is -0.125. The Morgan fingerprint density at radius 2 is 1.80 bits per heavy atom. The third-order valence-electron chi connectivity index (χ3n) is 3.06. The van der Waals surface area contributed by atoms with E-state index in [-0.39, 0.29) is 16.6 Å². The molecule has 1 unspecified atom stereocenters. The van der Waals surface area contributed by atoms with Crippen molar-refractivity contribution in [3.63, 3.8) is 0 Å². The molecule has 1 heterocycles. The quantitative estimate of drug-likeness (QED) is 0.894. The fourth-order valence-electron chi connectivity index (χ4n) is 2.52. The van der Waals surface area contributed by atoms with Crippen LogP contribution in [0, 0.1) is 11.3 Å². The molecule has 1 rings (SSSR count). The minimum atomic E-state index is -1.04. The normalized spacial score (nSPS) is 14.3. The fraction of sp³-hybridized carbons (Fsp3) is 0.750. The SMILES string of the molecule is CC(Cc1nc(C(C)(C)C)c(C(=O)O)o1)CC(C)(C)C. The Morgan fingerprint density at radius 3 is 2.15 bits per heavy atom. The molecule has 0 saturated heterocycles. The number of aromatic nitrogens is 1. The molecule has 0 amide bonds. The van der Waals surface area contributed by atoms with Crippen LogP contribution in [0.1, 0.15) is 77.0 Å². The van der Waals surface area contributed by atoms with E-state index < -0.39 is 5.97 Å². The van der Waals surface area contributed by atoms with Gasteiger partial charge >= 0.3 is 5.97 Å². The first-order valence-corrected chi connectivity index (χ1v) is 7.13. The number of rotatable bonds is 4. The summed E-state index contributed by atoms with van der Waals surface area (Å²) in [6.45, 7) is 14.6. The lowest BCUT2D eigenvalue weighted by atomic mass is 9.84. The molecule has 0 bridgehead atoms. The fourth-order valence-corrected chi connectivity index (χ4v) is 2.52. The summed E-state index contributed by atoms with van der Waals surface area (Å²) >= 11 is 0. The third kappa shape index (κ3) is 4.66. The number of carboxylic acid groups (broad SMARTS) is 1. The number of hydrogen-bond donors (Lipinski definition) is 1. The highest BCUT2D eigenvalue weighted by atomic mass is 16.4. The van der Waals surface area contributed by atoms with Crippen molar-refractivity contribution in [3.05, 3.63) is 17.3 Å². The Morgan fingerprint density at radius 1 is 1.25 bits per heavy atom. The van der Waals surface area contributed by atoms with Crippen LogP contribution in [0.2, 0.25) is 0 Å². The maximum Gasteiger partial charge on any atom is 0.373 e. The summed E-state index contributed by atoms with van der Waals surface area (Å²) in [7, 11) is 0. The van der Waals surface area contributed by atoms with Gasteiger partial charge in [-0.15, -0.1) is 0 Å². The van der Waals surface area contributed by atoms with E-state index in [2.05, 4.69) is 32.7 Å². The minimum Gasteiger partial charge on any atom is -0.475 e. The van der Waals surface area contributed by atoms with Crippen LogP contribution >= 0.6 is 0 Å². The van der Waals surface area contributed by atoms with Gasteiger partial charge in [0, 0.05) is 11.8 Å². The Balaban J connectivity index is 2.96. The van der Waals surface area contributed by atoms with E-state index in [1.807, 2.05) is 20.8 Å². The lowest BCUT2D eigenvalue weighted by molar-refractivity contribution is 0.0656. The Kier molecular flexibility index (Phi) is 4.67. The number of carboxylic acids is 1. The number of nitrogens with zero attached hydrogens (tertiary/aromatic N) is 1. The first-order chi connectivity index (χ1) is 8.90. The van der Waals surface area contributed by atoms with Gasteiger partial charge in [0.1, 0.15) is 0 Å². The monoisotopic (exact) mass is 281 g/mol. The molecule has 1 aromatic rings.